The molecular weight excluding hydrogens is 210 g/mol. The third-order valence-corrected chi connectivity index (χ3v) is 3.81. The minimum Gasteiger partial charge on any atom is -0.310 e. The first-order valence-corrected chi connectivity index (χ1v) is 6.70. The summed E-state index contributed by atoms with van der Waals surface area (Å²) in [5.74, 6) is 0. The van der Waals surface area contributed by atoms with Crippen molar-refractivity contribution in [2.45, 2.75) is 44.8 Å². The summed E-state index contributed by atoms with van der Waals surface area (Å²) in [7, 11) is 0. The van der Waals surface area contributed by atoms with E-state index >= 15 is 0 Å². The monoisotopic (exact) mass is 231 g/mol. The Morgan fingerprint density at radius 3 is 3.00 bits per heavy atom. The van der Waals surface area contributed by atoms with Crippen molar-refractivity contribution >= 4 is 0 Å². The number of nitrogens with one attached hydrogen (secondary N) is 1. The summed E-state index contributed by atoms with van der Waals surface area (Å²) in [5, 5.41) is 3.72. The standard InChI is InChI=1S/C14H21N3/c1-11-3-2-7-15-14(11)10-17-8-6-13(9-17)16-12-4-5-12/h2-3,7,12-13,16H,4-6,8-10H2,1H3. The van der Waals surface area contributed by atoms with Gasteiger partial charge in [0, 0.05) is 37.9 Å². The van der Waals surface area contributed by atoms with Crippen LogP contribution in [0.2, 0.25) is 0 Å². The minimum absolute atomic E-state index is 0.714. The van der Waals surface area contributed by atoms with Crippen molar-refractivity contribution in [3.63, 3.8) is 0 Å². The topological polar surface area (TPSA) is 28.2 Å². The second kappa shape index (κ2) is 4.75. The largest absolute Gasteiger partial charge is 0.310 e. The van der Waals surface area contributed by atoms with Gasteiger partial charge >= 0.3 is 0 Å². The van der Waals surface area contributed by atoms with Crippen LogP contribution in [0.5, 0.6) is 0 Å². The maximum atomic E-state index is 4.48. The summed E-state index contributed by atoms with van der Waals surface area (Å²) < 4.78 is 0. The molecule has 0 bridgehead atoms. The average molecular weight is 231 g/mol. The van der Waals surface area contributed by atoms with Gasteiger partial charge < -0.3 is 5.32 Å². The normalized spacial score (nSPS) is 25.4. The summed E-state index contributed by atoms with van der Waals surface area (Å²) in [6.45, 7) is 5.56. The SMILES string of the molecule is Cc1cccnc1CN1CCC(NC2CC2)C1. The van der Waals surface area contributed by atoms with E-state index in [4.69, 9.17) is 0 Å². The molecule has 3 rings (SSSR count). The second-order valence-electron chi connectivity index (χ2n) is 5.43. The molecule has 1 saturated heterocycles. The van der Waals surface area contributed by atoms with Crippen molar-refractivity contribution < 1.29 is 0 Å². The maximum Gasteiger partial charge on any atom is 0.0573 e. The van der Waals surface area contributed by atoms with Gasteiger partial charge in [0.15, 0.2) is 0 Å². The number of aromatic nitrogens is 1. The third-order valence-electron chi connectivity index (χ3n) is 3.81. The number of hydrogen-bond donors (Lipinski definition) is 1. The van der Waals surface area contributed by atoms with Gasteiger partial charge in [-0.15, -0.1) is 0 Å². The molecule has 1 unspecified atom stereocenters. The van der Waals surface area contributed by atoms with E-state index in [2.05, 4.69) is 28.2 Å². The Kier molecular flexibility index (Phi) is 3.12. The first-order chi connectivity index (χ1) is 8.31. The summed E-state index contributed by atoms with van der Waals surface area (Å²) in [6.07, 6.45) is 5.96. The van der Waals surface area contributed by atoms with Crippen LogP contribution in [-0.4, -0.2) is 35.1 Å². The smallest absolute Gasteiger partial charge is 0.0573 e. The van der Waals surface area contributed by atoms with Gasteiger partial charge in [-0.1, -0.05) is 6.07 Å². The van der Waals surface area contributed by atoms with Gasteiger partial charge in [0.2, 0.25) is 0 Å². The van der Waals surface area contributed by atoms with Crippen LogP contribution in [0.4, 0.5) is 0 Å². The zero-order valence-electron chi connectivity index (χ0n) is 10.5. The van der Waals surface area contributed by atoms with Crippen LogP contribution >= 0.6 is 0 Å². The van der Waals surface area contributed by atoms with Gasteiger partial charge in [-0.25, -0.2) is 0 Å². The lowest BCUT2D eigenvalue weighted by Gasteiger charge is -2.17. The highest BCUT2D eigenvalue weighted by Gasteiger charge is 2.29. The van der Waals surface area contributed by atoms with E-state index in [1.807, 2.05) is 12.3 Å². The highest BCUT2D eigenvalue weighted by Crippen LogP contribution is 2.22. The fourth-order valence-corrected chi connectivity index (χ4v) is 2.59. The van der Waals surface area contributed by atoms with Crippen molar-refractivity contribution in [2.75, 3.05) is 13.1 Å². The molecule has 1 aromatic heterocycles. The van der Waals surface area contributed by atoms with E-state index in [9.17, 15) is 0 Å². The predicted octanol–water partition coefficient (Wildman–Crippen LogP) is 1.72. The molecule has 1 aliphatic heterocycles. The van der Waals surface area contributed by atoms with Crippen molar-refractivity contribution in [3.8, 4) is 0 Å². The van der Waals surface area contributed by atoms with Crippen molar-refractivity contribution in [3.05, 3.63) is 29.6 Å². The molecule has 1 aromatic rings. The Morgan fingerprint density at radius 1 is 1.35 bits per heavy atom. The van der Waals surface area contributed by atoms with Gasteiger partial charge in [-0.2, -0.15) is 0 Å². The first kappa shape index (κ1) is 11.2. The Balaban J connectivity index is 1.54. The van der Waals surface area contributed by atoms with Gasteiger partial charge in [0.05, 0.1) is 5.69 Å². The van der Waals surface area contributed by atoms with Crippen molar-refractivity contribution in [2.24, 2.45) is 0 Å². The van der Waals surface area contributed by atoms with Gasteiger partial charge in [0.1, 0.15) is 0 Å². The number of pyridine rings is 1. The van der Waals surface area contributed by atoms with Gasteiger partial charge in [-0.3, -0.25) is 9.88 Å². The zero-order chi connectivity index (χ0) is 11.7. The summed E-state index contributed by atoms with van der Waals surface area (Å²) >= 11 is 0. The molecule has 1 saturated carbocycles. The molecule has 1 atom stereocenters. The third kappa shape index (κ3) is 2.85. The maximum absolute atomic E-state index is 4.48. The number of likely N-dealkylation sites (tertiary alicyclic amines) is 1. The van der Waals surface area contributed by atoms with Crippen LogP contribution in [-0.2, 0) is 6.54 Å². The average Bonchev–Trinajstić information content (AvgIpc) is 3.02. The van der Waals surface area contributed by atoms with Crippen molar-refractivity contribution in [1.82, 2.24) is 15.2 Å². The molecule has 17 heavy (non-hydrogen) atoms. The lowest BCUT2D eigenvalue weighted by atomic mass is 10.2. The van der Waals surface area contributed by atoms with Gasteiger partial charge in [0.25, 0.3) is 0 Å². The molecule has 3 heteroatoms. The lowest BCUT2D eigenvalue weighted by molar-refractivity contribution is 0.315. The molecule has 92 valence electrons. The summed E-state index contributed by atoms with van der Waals surface area (Å²) in [5.41, 5.74) is 2.55. The summed E-state index contributed by atoms with van der Waals surface area (Å²) in [6, 6.07) is 5.71. The highest BCUT2D eigenvalue weighted by atomic mass is 15.2. The lowest BCUT2D eigenvalue weighted by Crippen LogP contribution is -2.33. The fourth-order valence-electron chi connectivity index (χ4n) is 2.59. The van der Waals surface area contributed by atoms with Crippen LogP contribution in [0.1, 0.15) is 30.5 Å². The molecule has 0 aromatic carbocycles. The van der Waals surface area contributed by atoms with E-state index in [-0.39, 0.29) is 0 Å². The molecule has 2 aliphatic rings. The van der Waals surface area contributed by atoms with E-state index in [1.165, 1.54) is 43.6 Å². The van der Waals surface area contributed by atoms with Crippen LogP contribution < -0.4 is 5.32 Å². The molecule has 2 fully saturated rings. The number of aryl methyl sites for hydroxylation is 1. The predicted molar refractivity (Wildman–Crippen MR) is 68.8 cm³/mol. The minimum atomic E-state index is 0.714. The van der Waals surface area contributed by atoms with Gasteiger partial charge in [-0.05, 0) is 37.8 Å². The first-order valence-electron chi connectivity index (χ1n) is 6.70. The molecule has 0 amide bonds. The number of hydrogen-bond acceptors (Lipinski definition) is 3. The van der Waals surface area contributed by atoms with E-state index in [0.717, 1.165) is 12.6 Å². The van der Waals surface area contributed by atoms with Crippen LogP contribution in [0.15, 0.2) is 18.3 Å². The molecule has 0 radical (unpaired) electrons. The van der Waals surface area contributed by atoms with E-state index in [1.54, 1.807) is 0 Å². The molecule has 2 heterocycles. The van der Waals surface area contributed by atoms with Crippen LogP contribution in [0.25, 0.3) is 0 Å². The summed E-state index contributed by atoms with van der Waals surface area (Å²) in [4.78, 5) is 7.00. The Hall–Kier alpha value is -0.930. The highest BCUT2D eigenvalue weighted by molar-refractivity contribution is 5.17. The number of nitrogens with zero attached hydrogens (tertiary/aromatic N) is 2. The van der Waals surface area contributed by atoms with Crippen LogP contribution in [0, 0.1) is 6.92 Å². The van der Waals surface area contributed by atoms with Crippen molar-refractivity contribution in [1.29, 1.82) is 0 Å². The van der Waals surface area contributed by atoms with E-state index in [0.29, 0.717) is 6.04 Å². The quantitative estimate of drug-likeness (QED) is 0.855. The van der Waals surface area contributed by atoms with E-state index < -0.39 is 0 Å². The Labute approximate surface area is 103 Å². The Bertz CT molecular complexity index is 387. The Morgan fingerprint density at radius 2 is 2.24 bits per heavy atom. The van der Waals surface area contributed by atoms with Crippen LogP contribution in [0.3, 0.4) is 0 Å². The number of rotatable bonds is 4. The molecule has 1 aliphatic carbocycles. The molecule has 0 spiro atoms. The zero-order valence-corrected chi connectivity index (χ0v) is 10.5. The molecular formula is C14H21N3. The second-order valence-corrected chi connectivity index (χ2v) is 5.43. The molecule has 3 nitrogen and oxygen atoms in total. The fraction of sp³-hybridized carbons (Fsp3) is 0.643. The molecule has 1 N–H and O–H groups in total.